The Morgan fingerprint density at radius 2 is 2.18 bits per heavy atom. The number of carbonyl (C=O) groups excluding carboxylic acids is 1. The van der Waals surface area contributed by atoms with Crippen molar-refractivity contribution in [3.05, 3.63) is 0 Å². The lowest BCUT2D eigenvalue weighted by Crippen LogP contribution is -2.42. The number of ether oxygens (including phenoxy) is 1. The molecule has 2 fully saturated rings. The standard InChI is InChI=1S/C13H24N2O2/c1-10-5-6-13(7-10,9-14)17-8-12(16)15(2)11-3-4-11/h10-11H,3-9,14H2,1-2H3. The lowest BCUT2D eigenvalue weighted by molar-refractivity contribution is -0.142. The van der Waals surface area contributed by atoms with E-state index in [1.54, 1.807) is 0 Å². The number of carbonyl (C=O) groups is 1. The highest BCUT2D eigenvalue weighted by molar-refractivity contribution is 5.77. The summed E-state index contributed by atoms with van der Waals surface area (Å²) in [5.41, 5.74) is 5.58. The minimum absolute atomic E-state index is 0.0971. The fraction of sp³-hybridized carbons (Fsp3) is 0.923. The Kier molecular flexibility index (Phi) is 3.73. The van der Waals surface area contributed by atoms with Crippen molar-refractivity contribution in [2.24, 2.45) is 11.7 Å². The van der Waals surface area contributed by atoms with Gasteiger partial charge >= 0.3 is 0 Å². The Labute approximate surface area is 103 Å². The molecule has 17 heavy (non-hydrogen) atoms. The summed E-state index contributed by atoms with van der Waals surface area (Å²) in [6.07, 6.45) is 5.42. The van der Waals surface area contributed by atoms with Gasteiger partial charge in [-0.15, -0.1) is 0 Å². The number of hydrogen-bond donors (Lipinski definition) is 1. The number of nitrogens with two attached hydrogens (primary N) is 1. The molecule has 1 amide bonds. The average Bonchev–Trinajstić information content (AvgIpc) is 3.10. The van der Waals surface area contributed by atoms with E-state index in [4.69, 9.17) is 10.5 Å². The van der Waals surface area contributed by atoms with Crippen molar-refractivity contribution in [1.29, 1.82) is 0 Å². The SMILES string of the molecule is CC1CCC(CN)(OCC(=O)N(C)C2CC2)C1. The first-order valence-electron chi connectivity index (χ1n) is 6.66. The number of hydrogen-bond acceptors (Lipinski definition) is 3. The van der Waals surface area contributed by atoms with Crippen molar-refractivity contribution in [1.82, 2.24) is 4.90 Å². The van der Waals surface area contributed by atoms with Crippen LogP contribution < -0.4 is 5.73 Å². The van der Waals surface area contributed by atoms with Gasteiger partial charge in [-0.05, 0) is 38.0 Å². The van der Waals surface area contributed by atoms with E-state index in [0.29, 0.717) is 18.5 Å². The maximum atomic E-state index is 11.9. The van der Waals surface area contributed by atoms with Crippen molar-refractivity contribution in [3.63, 3.8) is 0 Å². The van der Waals surface area contributed by atoms with Crippen LogP contribution in [-0.2, 0) is 9.53 Å². The van der Waals surface area contributed by atoms with Crippen LogP contribution in [0.5, 0.6) is 0 Å². The summed E-state index contributed by atoms with van der Waals surface area (Å²) in [6, 6.07) is 0.461. The second-order valence-corrected chi connectivity index (χ2v) is 5.76. The molecule has 2 unspecified atom stereocenters. The molecule has 2 saturated carbocycles. The summed E-state index contributed by atoms with van der Waals surface area (Å²) in [4.78, 5) is 13.7. The topological polar surface area (TPSA) is 55.6 Å². The molecule has 0 aromatic rings. The van der Waals surface area contributed by atoms with E-state index < -0.39 is 0 Å². The maximum absolute atomic E-state index is 11.9. The number of amides is 1. The fourth-order valence-electron chi connectivity index (χ4n) is 2.71. The van der Waals surface area contributed by atoms with Gasteiger partial charge in [0.25, 0.3) is 0 Å². The normalized spacial score (nSPS) is 32.8. The van der Waals surface area contributed by atoms with Gasteiger partial charge in [-0.3, -0.25) is 4.79 Å². The Hall–Kier alpha value is -0.610. The summed E-state index contributed by atoms with van der Waals surface area (Å²) < 4.78 is 5.85. The van der Waals surface area contributed by atoms with Crippen LogP contribution in [-0.4, -0.2) is 42.6 Å². The summed E-state index contributed by atoms with van der Waals surface area (Å²) in [5.74, 6) is 0.759. The third kappa shape index (κ3) is 2.99. The molecule has 0 spiro atoms. The van der Waals surface area contributed by atoms with Crippen molar-refractivity contribution in [2.75, 3.05) is 20.2 Å². The first-order valence-corrected chi connectivity index (χ1v) is 6.66. The van der Waals surface area contributed by atoms with Crippen molar-refractivity contribution in [3.8, 4) is 0 Å². The van der Waals surface area contributed by atoms with Crippen LogP contribution in [0.1, 0.15) is 39.0 Å². The van der Waals surface area contributed by atoms with Crippen LogP contribution in [0.2, 0.25) is 0 Å². The van der Waals surface area contributed by atoms with Crippen LogP contribution in [0.4, 0.5) is 0 Å². The smallest absolute Gasteiger partial charge is 0.248 e. The van der Waals surface area contributed by atoms with E-state index in [-0.39, 0.29) is 18.1 Å². The van der Waals surface area contributed by atoms with Gasteiger partial charge in [-0.1, -0.05) is 6.92 Å². The van der Waals surface area contributed by atoms with Gasteiger partial charge in [0, 0.05) is 19.6 Å². The fourth-order valence-corrected chi connectivity index (χ4v) is 2.71. The zero-order valence-electron chi connectivity index (χ0n) is 10.9. The molecule has 2 rings (SSSR count). The molecule has 0 saturated heterocycles. The minimum atomic E-state index is -0.237. The summed E-state index contributed by atoms with van der Waals surface area (Å²) >= 11 is 0. The predicted molar refractivity (Wildman–Crippen MR) is 66.5 cm³/mol. The largest absolute Gasteiger partial charge is 0.364 e. The molecule has 2 atom stereocenters. The molecular weight excluding hydrogens is 216 g/mol. The van der Waals surface area contributed by atoms with Gasteiger partial charge in [0.1, 0.15) is 6.61 Å². The van der Waals surface area contributed by atoms with Crippen molar-refractivity contribution >= 4 is 5.91 Å². The lowest BCUT2D eigenvalue weighted by Gasteiger charge is -2.29. The molecule has 2 aliphatic carbocycles. The minimum Gasteiger partial charge on any atom is -0.364 e. The van der Waals surface area contributed by atoms with Crippen LogP contribution in [0.25, 0.3) is 0 Å². The third-order valence-electron chi connectivity index (χ3n) is 4.18. The zero-order valence-corrected chi connectivity index (χ0v) is 10.9. The quantitative estimate of drug-likeness (QED) is 0.784. The molecule has 4 heteroatoms. The lowest BCUT2D eigenvalue weighted by atomic mass is 10.0. The molecule has 98 valence electrons. The summed E-state index contributed by atoms with van der Waals surface area (Å²) in [5, 5.41) is 0. The van der Waals surface area contributed by atoms with Crippen LogP contribution >= 0.6 is 0 Å². The molecule has 0 heterocycles. The molecule has 4 nitrogen and oxygen atoms in total. The molecule has 0 bridgehead atoms. The Balaban J connectivity index is 1.81. The Morgan fingerprint density at radius 3 is 2.65 bits per heavy atom. The molecule has 2 aliphatic rings. The van der Waals surface area contributed by atoms with Gasteiger partial charge in [-0.2, -0.15) is 0 Å². The first-order chi connectivity index (χ1) is 8.06. The molecule has 2 N–H and O–H groups in total. The van der Waals surface area contributed by atoms with Gasteiger partial charge in [0.2, 0.25) is 5.91 Å². The first kappa shape index (κ1) is 12.8. The predicted octanol–water partition coefficient (Wildman–Crippen LogP) is 1.14. The van der Waals surface area contributed by atoms with Gasteiger partial charge in [0.05, 0.1) is 5.60 Å². The van der Waals surface area contributed by atoms with Crippen LogP contribution in [0, 0.1) is 5.92 Å². The molecule has 0 aliphatic heterocycles. The number of rotatable bonds is 5. The zero-order chi connectivity index (χ0) is 12.5. The highest BCUT2D eigenvalue weighted by Gasteiger charge is 2.38. The van der Waals surface area contributed by atoms with E-state index in [2.05, 4.69) is 6.92 Å². The van der Waals surface area contributed by atoms with Crippen molar-refractivity contribution in [2.45, 2.75) is 50.7 Å². The van der Waals surface area contributed by atoms with E-state index in [0.717, 1.165) is 32.1 Å². The van der Waals surface area contributed by atoms with E-state index >= 15 is 0 Å². The van der Waals surface area contributed by atoms with Crippen LogP contribution in [0.15, 0.2) is 0 Å². The molecule has 0 aromatic heterocycles. The van der Waals surface area contributed by atoms with Crippen molar-refractivity contribution < 1.29 is 9.53 Å². The molecule has 0 radical (unpaired) electrons. The highest BCUT2D eigenvalue weighted by atomic mass is 16.5. The maximum Gasteiger partial charge on any atom is 0.248 e. The molecular formula is C13H24N2O2. The highest BCUT2D eigenvalue weighted by Crippen LogP contribution is 2.36. The Bertz CT molecular complexity index is 291. The molecule has 0 aromatic carbocycles. The monoisotopic (exact) mass is 240 g/mol. The Morgan fingerprint density at radius 1 is 1.47 bits per heavy atom. The second-order valence-electron chi connectivity index (χ2n) is 5.76. The van der Waals surface area contributed by atoms with E-state index in [1.807, 2.05) is 11.9 Å². The van der Waals surface area contributed by atoms with Crippen LogP contribution in [0.3, 0.4) is 0 Å². The van der Waals surface area contributed by atoms with Gasteiger partial charge in [0.15, 0.2) is 0 Å². The van der Waals surface area contributed by atoms with Gasteiger partial charge < -0.3 is 15.4 Å². The second kappa shape index (κ2) is 4.94. The third-order valence-corrected chi connectivity index (χ3v) is 4.18. The van der Waals surface area contributed by atoms with E-state index in [1.165, 1.54) is 0 Å². The number of nitrogens with zero attached hydrogens (tertiary/aromatic N) is 1. The summed E-state index contributed by atoms with van der Waals surface area (Å²) in [6.45, 7) is 2.94. The summed E-state index contributed by atoms with van der Waals surface area (Å²) in [7, 11) is 1.87. The van der Waals surface area contributed by atoms with Gasteiger partial charge in [-0.25, -0.2) is 0 Å². The average molecular weight is 240 g/mol. The van der Waals surface area contributed by atoms with E-state index in [9.17, 15) is 4.79 Å². The number of likely N-dealkylation sites (N-methyl/N-ethyl adjacent to an activating group) is 1.